The minimum absolute atomic E-state index is 0.0618. The Balaban J connectivity index is 1.61. The second-order valence-electron chi connectivity index (χ2n) is 7.66. The summed E-state index contributed by atoms with van der Waals surface area (Å²) in [6.45, 7) is 5.41. The van der Waals surface area contributed by atoms with Crippen LogP contribution in [0.2, 0.25) is 0 Å². The minimum atomic E-state index is -0.696. The predicted molar refractivity (Wildman–Crippen MR) is 116 cm³/mol. The standard InChI is InChI=1S/C24H22FN3O4/c1-13-5-4-6-16(9-13)23-19(29)8-7-17(26-23)11-18-14(2)10-20(22(25)15(18)3)31-12-21-27-24(30)32-28-21/h4-10,29H,11-12H2,1-3H3,(H,27,28,30). The van der Waals surface area contributed by atoms with Gasteiger partial charge in [0, 0.05) is 17.7 Å². The molecule has 7 nitrogen and oxygen atoms in total. The normalized spacial score (nSPS) is 11.0. The van der Waals surface area contributed by atoms with Gasteiger partial charge in [-0.1, -0.05) is 28.9 Å². The van der Waals surface area contributed by atoms with E-state index in [-0.39, 0.29) is 23.9 Å². The molecule has 0 spiro atoms. The molecule has 0 amide bonds. The number of pyridine rings is 1. The van der Waals surface area contributed by atoms with Crippen LogP contribution in [-0.4, -0.2) is 20.2 Å². The number of ether oxygens (including phenoxy) is 1. The molecule has 0 saturated heterocycles. The van der Waals surface area contributed by atoms with Crippen molar-refractivity contribution in [2.45, 2.75) is 33.8 Å². The highest BCUT2D eigenvalue weighted by Gasteiger charge is 2.17. The first-order chi connectivity index (χ1) is 15.3. The number of H-pyrrole nitrogens is 1. The Morgan fingerprint density at radius 1 is 1.16 bits per heavy atom. The third kappa shape index (κ3) is 4.39. The zero-order valence-corrected chi connectivity index (χ0v) is 17.9. The molecule has 0 atom stereocenters. The SMILES string of the molecule is Cc1cccc(-c2nc(Cc3c(C)cc(OCc4noc(=O)[nH]4)c(F)c3C)ccc2O)c1. The smallest absolute Gasteiger partial charge is 0.439 e. The number of rotatable bonds is 6. The summed E-state index contributed by atoms with van der Waals surface area (Å²) in [4.78, 5) is 18.0. The highest BCUT2D eigenvalue weighted by atomic mass is 19.1. The molecular formula is C24H22FN3O4. The van der Waals surface area contributed by atoms with Crippen LogP contribution in [0.1, 0.15) is 33.8 Å². The van der Waals surface area contributed by atoms with Crippen LogP contribution in [0.4, 0.5) is 4.39 Å². The van der Waals surface area contributed by atoms with E-state index in [0.717, 1.165) is 22.3 Å². The third-order valence-corrected chi connectivity index (χ3v) is 5.25. The first kappa shape index (κ1) is 21.3. The Labute approximate surface area is 183 Å². The van der Waals surface area contributed by atoms with Crippen LogP contribution in [0, 0.1) is 26.6 Å². The Morgan fingerprint density at radius 3 is 2.69 bits per heavy atom. The molecule has 0 radical (unpaired) electrons. The molecule has 0 aliphatic rings. The van der Waals surface area contributed by atoms with Crippen molar-refractivity contribution < 1.29 is 18.8 Å². The summed E-state index contributed by atoms with van der Waals surface area (Å²) < 4.78 is 24.9. The van der Waals surface area contributed by atoms with Gasteiger partial charge < -0.3 is 9.84 Å². The summed E-state index contributed by atoms with van der Waals surface area (Å²) in [5.74, 6) is -0.863. The van der Waals surface area contributed by atoms with Crippen molar-refractivity contribution in [3.05, 3.63) is 92.6 Å². The zero-order valence-electron chi connectivity index (χ0n) is 17.9. The number of aryl methyl sites for hydroxylation is 2. The maximum atomic E-state index is 15.0. The summed E-state index contributed by atoms with van der Waals surface area (Å²) >= 11 is 0. The molecule has 0 unspecified atom stereocenters. The second kappa shape index (κ2) is 8.66. The maximum Gasteiger partial charge on any atom is 0.439 e. The minimum Gasteiger partial charge on any atom is -0.506 e. The van der Waals surface area contributed by atoms with Crippen LogP contribution in [0.15, 0.2) is 51.8 Å². The molecule has 0 aliphatic heterocycles. The van der Waals surface area contributed by atoms with Gasteiger partial charge in [0.2, 0.25) is 0 Å². The van der Waals surface area contributed by atoms with E-state index in [4.69, 9.17) is 4.74 Å². The lowest BCUT2D eigenvalue weighted by atomic mass is 9.96. The number of halogens is 1. The fourth-order valence-electron chi connectivity index (χ4n) is 3.58. The van der Waals surface area contributed by atoms with Crippen molar-refractivity contribution in [1.29, 1.82) is 0 Å². The van der Waals surface area contributed by atoms with Gasteiger partial charge in [-0.2, -0.15) is 0 Å². The number of hydrogen-bond acceptors (Lipinski definition) is 6. The van der Waals surface area contributed by atoms with Crippen LogP contribution in [0.3, 0.4) is 0 Å². The fourth-order valence-corrected chi connectivity index (χ4v) is 3.58. The summed E-state index contributed by atoms with van der Waals surface area (Å²) in [6.07, 6.45) is 0.393. The topological polar surface area (TPSA) is 101 Å². The maximum absolute atomic E-state index is 15.0. The number of aromatic hydroxyl groups is 1. The Hall–Kier alpha value is -3.94. The van der Waals surface area contributed by atoms with Crippen LogP contribution >= 0.6 is 0 Å². The van der Waals surface area contributed by atoms with Crippen LogP contribution in [-0.2, 0) is 13.0 Å². The molecule has 4 rings (SSSR count). The molecule has 0 fully saturated rings. The molecular weight excluding hydrogens is 413 g/mol. The van der Waals surface area contributed by atoms with Crippen molar-refractivity contribution >= 4 is 0 Å². The van der Waals surface area contributed by atoms with Crippen molar-refractivity contribution in [1.82, 2.24) is 15.1 Å². The third-order valence-electron chi connectivity index (χ3n) is 5.25. The van der Waals surface area contributed by atoms with Gasteiger partial charge >= 0.3 is 5.76 Å². The predicted octanol–water partition coefficient (Wildman–Crippen LogP) is 4.36. The quantitative estimate of drug-likeness (QED) is 0.467. The molecule has 4 aromatic rings. The Morgan fingerprint density at radius 2 is 1.97 bits per heavy atom. The lowest BCUT2D eigenvalue weighted by molar-refractivity contribution is 0.271. The fraction of sp³-hybridized carbons (Fsp3) is 0.208. The summed E-state index contributed by atoms with van der Waals surface area (Å²) in [7, 11) is 0. The monoisotopic (exact) mass is 435 g/mol. The molecule has 2 aromatic carbocycles. The first-order valence-corrected chi connectivity index (χ1v) is 10.0. The van der Waals surface area contributed by atoms with E-state index in [9.17, 15) is 9.90 Å². The van der Waals surface area contributed by atoms with E-state index in [1.165, 1.54) is 0 Å². The van der Waals surface area contributed by atoms with E-state index in [2.05, 4.69) is 19.6 Å². The van der Waals surface area contributed by atoms with Gasteiger partial charge in [0.15, 0.2) is 17.4 Å². The van der Waals surface area contributed by atoms with Crippen LogP contribution in [0.5, 0.6) is 11.5 Å². The molecule has 32 heavy (non-hydrogen) atoms. The van der Waals surface area contributed by atoms with Crippen LogP contribution in [0.25, 0.3) is 11.3 Å². The summed E-state index contributed by atoms with van der Waals surface area (Å²) in [5.41, 5.74) is 5.15. The van der Waals surface area contributed by atoms with Crippen molar-refractivity contribution in [2.24, 2.45) is 0 Å². The zero-order chi connectivity index (χ0) is 22.8. The number of benzene rings is 2. The lowest BCUT2D eigenvalue weighted by Crippen LogP contribution is -2.06. The first-order valence-electron chi connectivity index (χ1n) is 10.0. The highest BCUT2D eigenvalue weighted by Crippen LogP contribution is 2.31. The van der Waals surface area contributed by atoms with Gasteiger partial charge in [-0.15, -0.1) is 0 Å². The lowest BCUT2D eigenvalue weighted by Gasteiger charge is -2.15. The molecule has 2 N–H and O–H groups in total. The van der Waals surface area contributed by atoms with Gasteiger partial charge in [-0.3, -0.25) is 9.51 Å². The molecule has 2 aromatic heterocycles. The summed E-state index contributed by atoms with van der Waals surface area (Å²) in [6, 6.07) is 12.7. The van der Waals surface area contributed by atoms with Crippen LogP contribution < -0.4 is 10.5 Å². The number of aromatic nitrogens is 3. The van der Waals surface area contributed by atoms with E-state index >= 15 is 4.39 Å². The van der Waals surface area contributed by atoms with E-state index in [1.807, 2.05) is 38.1 Å². The van der Waals surface area contributed by atoms with E-state index < -0.39 is 11.6 Å². The largest absolute Gasteiger partial charge is 0.506 e. The molecule has 2 heterocycles. The molecule has 0 bridgehead atoms. The Bertz CT molecular complexity index is 1340. The number of nitrogens with zero attached hydrogens (tertiary/aromatic N) is 2. The van der Waals surface area contributed by atoms with Gasteiger partial charge in [0.1, 0.15) is 18.1 Å². The summed E-state index contributed by atoms with van der Waals surface area (Å²) in [5, 5.41) is 13.8. The molecule has 0 aliphatic carbocycles. The Kier molecular flexibility index (Phi) is 5.77. The van der Waals surface area contributed by atoms with Crippen molar-refractivity contribution in [2.75, 3.05) is 0 Å². The van der Waals surface area contributed by atoms with Gasteiger partial charge in [0.05, 0.1) is 0 Å². The number of nitrogens with one attached hydrogen (secondary N) is 1. The van der Waals surface area contributed by atoms with Crippen molar-refractivity contribution in [3.63, 3.8) is 0 Å². The molecule has 8 heteroatoms. The highest BCUT2D eigenvalue weighted by molar-refractivity contribution is 5.66. The number of aromatic amines is 1. The van der Waals surface area contributed by atoms with Gasteiger partial charge in [0.25, 0.3) is 0 Å². The van der Waals surface area contributed by atoms with Crippen molar-refractivity contribution in [3.8, 4) is 22.8 Å². The molecule has 0 saturated carbocycles. The van der Waals surface area contributed by atoms with E-state index in [0.29, 0.717) is 23.4 Å². The average molecular weight is 435 g/mol. The van der Waals surface area contributed by atoms with Gasteiger partial charge in [-0.25, -0.2) is 14.2 Å². The second-order valence-corrected chi connectivity index (χ2v) is 7.66. The number of hydrogen-bond donors (Lipinski definition) is 2. The average Bonchev–Trinajstić information content (AvgIpc) is 3.19. The molecule has 164 valence electrons. The van der Waals surface area contributed by atoms with E-state index in [1.54, 1.807) is 25.1 Å². The van der Waals surface area contributed by atoms with Gasteiger partial charge in [-0.05, 0) is 61.7 Å².